The van der Waals surface area contributed by atoms with E-state index in [0.717, 1.165) is 30.4 Å². The quantitative estimate of drug-likeness (QED) is 0.605. The Balaban J connectivity index is 2.12. The van der Waals surface area contributed by atoms with Crippen molar-refractivity contribution in [2.45, 2.75) is 50.4 Å². The van der Waals surface area contributed by atoms with E-state index in [4.69, 9.17) is 0 Å². The minimum atomic E-state index is -0.696. The molecular formula is C14H18O3P+. The Bertz CT molecular complexity index is 498. The lowest BCUT2D eigenvalue weighted by Crippen LogP contribution is -2.11. The van der Waals surface area contributed by atoms with Crippen LogP contribution in [0.4, 0.5) is 0 Å². The normalized spacial score (nSPS) is 26.7. The van der Waals surface area contributed by atoms with Crippen molar-refractivity contribution >= 4 is 13.8 Å². The van der Waals surface area contributed by atoms with Gasteiger partial charge in [0, 0.05) is 5.56 Å². The number of benzene rings is 1. The number of aromatic hydroxyl groups is 2. The lowest BCUT2D eigenvalue weighted by atomic mass is 9.81. The molecule has 1 aromatic rings. The molecule has 0 aromatic heterocycles. The van der Waals surface area contributed by atoms with Crippen molar-refractivity contribution in [1.82, 2.24) is 0 Å². The van der Waals surface area contributed by atoms with Crippen LogP contribution in [0.15, 0.2) is 6.07 Å². The molecule has 2 bridgehead atoms. The standard InChI is InChI=1S/C14H17O3P/c15-11-7-10-8-5-3-1-2-4-6-9(8)12(13(10)16)14(11)18-17/h7-9,15-16H,1-6H2/p+1. The highest BCUT2D eigenvalue weighted by Crippen LogP contribution is 2.55. The van der Waals surface area contributed by atoms with Crippen molar-refractivity contribution in [3.8, 4) is 11.5 Å². The van der Waals surface area contributed by atoms with E-state index in [1.165, 1.54) is 19.3 Å². The molecule has 0 heterocycles. The minimum Gasteiger partial charge on any atom is -0.507 e. The van der Waals surface area contributed by atoms with Crippen LogP contribution in [0.25, 0.3) is 0 Å². The van der Waals surface area contributed by atoms with Gasteiger partial charge in [0.15, 0.2) is 5.75 Å². The summed E-state index contributed by atoms with van der Waals surface area (Å²) in [4.78, 5) is 0. The van der Waals surface area contributed by atoms with E-state index in [-0.39, 0.29) is 11.7 Å². The SMILES string of the molecule is O=[PH+]c1c(O)cc2c(O)c1C1CCCCCCC21. The second kappa shape index (κ2) is 4.55. The van der Waals surface area contributed by atoms with Crippen LogP contribution in [0, 0.1) is 0 Å². The summed E-state index contributed by atoms with van der Waals surface area (Å²) in [6.07, 6.45) is 6.91. The first kappa shape index (κ1) is 12.0. The van der Waals surface area contributed by atoms with Crippen molar-refractivity contribution in [2.75, 3.05) is 0 Å². The maximum Gasteiger partial charge on any atom is 0.367 e. The summed E-state index contributed by atoms with van der Waals surface area (Å²) in [5, 5.41) is 20.6. The van der Waals surface area contributed by atoms with Crippen LogP contribution in [0.1, 0.15) is 61.5 Å². The Morgan fingerprint density at radius 1 is 1.06 bits per heavy atom. The number of rotatable bonds is 1. The van der Waals surface area contributed by atoms with Crippen LogP contribution in [0.2, 0.25) is 0 Å². The smallest absolute Gasteiger partial charge is 0.367 e. The second-order valence-corrected chi connectivity index (χ2v) is 6.13. The fraction of sp³-hybridized carbons (Fsp3) is 0.571. The predicted molar refractivity (Wildman–Crippen MR) is 71.6 cm³/mol. The highest BCUT2D eigenvalue weighted by Gasteiger charge is 2.42. The highest BCUT2D eigenvalue weighted by atomic mass is 31.1. The third-order valence-corrected chi connectivity index (χ3v) is 5.21. The fourth-order valence-electron chi connectivity index (χ4n) is 3.65. The lowest BCUT2D eigenvalue weighted by molar-refractivity contribution is 0.419. The van der Waals surface area contributed by atoms with Crippen LogP contribution in [-0.4, -0.2) is 10.2 Å². The molecule has 2 aliphatic carbocycles. The number of hydrogen-bond acceptors (Lipinski definition) is 3. The molecule has 1 saturated carbocycles. The van der Waals surface area contributed by atoms with Gasteiger partial charge < -0.3 is 10.2 Å². The molecule has 96 valence electrons. The van der Waals surface area contributed by atoms with Gasteiger partial charge in [-0.3, -0.25) is 0 Å². The molecule has 3 unspecified atom stereocenters. The van der Waals surface area contributed by atoms with E-state index in [1.54, 1.807) is 6.07 Å². The summed E-state index contributed by atoms with van der Waals surface area (Å²) in [5.41, 5.74) is 1.64. The van der Waals surface area contributed by atoms with Crippen LogP contribution in [-0.2, 0) is 4.57 Å². The van der Waals surface area contributed by atoms with Crippen LogP contribution < -0.4 is 5.30 Å². The van der Waals surface area contributed by atoms with E-state index >= 15 is 0 Å². The second-order valence-electron chi connectivity index (χ2n) is 5.43. The topological polar surface area (TPSA) is 57.5 Å². The largest absolute Gasteiger partial charge is 0.507 e. The zero-order chi connectivity index (χ0) is 12.7. The molecule has 0 saturated heterocycles. The molecule has 2 N–H and O–H groups in total. The molecule has 0 spiro atoms. The summed E-state index contributed by atoms with van der Waals surface area (Å²) in [5.74, 6) is 0.967. The Morgan fingerprint density at radius 3 is 2.39 bits per heavy atom. The molecule has 0 aliphatic heterocycles. The zero-order valence-electron chi connectivity index (χ0n) is 10.3. The zero-order valence-corrected chi connectivity index (χ0v) is 11.3. The van der Waals surface area contributed by atoms with Gasteiger partial charge in [-0.25, -0.2) is 0 Å². The average molecular weight is 265 g/mol. The molecule has 4 heteroatoms. The maximum absolute atomic E-state index is 11.3. The molecule has 1 aromatic carbocycles. The predicted octanol–water partition coefficient (Wildman–Crippen LogP) is 3.28. The Hall–Kier alpha value is -1.08. The first-order valence-electron chi connectivity index (χ1n) is 6.71. The number of phenolic OH excluding ortho intramolecular Hbond substituents is 2. The van der Waals surface area contributed by atoms with Gasteiger partial charge in [-0.1, -0.05) is 30.2 Å². The van der Waals surface area contributed by atoms with Gasteiger partial charge in [0.25, 0.3) is 0 Å². The molecule has 3 rings (SSSR count). The third kappa shape index (κ3) is 1.65. The number of phenols is 2. The summed E-state index contributed by atoms with van der Waals surface area (Å²) < 4.78 is 11.3. The van der Waals surface area contributed by atoms with E-state index in [0.29, 0.717) is 17.0 Å². The molecule has 0 amide bonds. The molecule has 3 atom stereocenters. The Kier molecular flexibility index (Phi) is 3.03. The van der Waals surface area contributed by atoms with Crippen LogP contribution in [0.5, 0.6) is 11.5 Å². The van der Waals surface area contributed by atoms with Crippen LogP contribution >= 0.6 is 8.46 Å². The van der Waals surface area contributed by atoms with Crippen molar-refractivity contribution in [3.05, 3.63) is 17.2 Å². The van der Waals surface area contributed by atoms with Crippen molar-refractivity contribution < 1.29 is 14.8 Å². The average Bonchev–Trinajstić information content (AvgIpc) is 2.50. The summed E-state index contributed by atoms with van der Waals surface area (Å²) >= 11 is 0. The van der Waals surface area contributed by atoms with Gasteiger partial charge in [-0.05, 0) is 30.7 Å². The number of fused-ring (bicyclic) bond motifs is 5. The molecule has 2 aliphatic rings. The minimum absolute atomic E-state index is 0.0953. The molecule has 0 radical (unpaired) electrons. The summed E-state index contributed by atoms with van der Waals surface area (Å²) in [7, 11) is -0.696. The first-order chi connectivity index (χ1) is 8.74. The molecule has 3 nitrogen and oxygen atoms in total. The van der Waals surface area contributed by atoms with E-state index in [9.17, 15) is 14.8 Å². The first-order valence-corrected chi connectivity index (χ1v) is 7.61. The Morgan fingerprint density at radius 2 is 1.72 bits per heavy atom. The van der Waals surface area contributed by atoms with Gasteiger partial charge >= 0.3 is 8.46 Å². The van der Waals surface area contributed by atoms with Gasteiger partial charge in [-0.2, -0.15) is 0 Å². The molecule has 1 fully saturated rings. The summed E-state index contributed by atoms with van der Waals surface area (Å²) in [6, 6.07) is 1.63. The third-order valence-electron chi connectivity index (χ3n) is 4.48. The van der Waals surface area contributed by atoms with E-state index in [2.05, 4.69) is 0 Å². The van der Waals surface area contributed by atoms with Gasteiger partial charge in [-0.15, -0.1) is 0 Å². The van der Waals surface area contributed by atoms with Crippen molar-refractivity contribution in [2.24, 2.45) is 0 Å². The van der Waals surface area contributed by atoms with Crippen molar-refractivity contribution in [1.29, 1.82) is 0 Å². The Labute approximate surface area is 108 Å². The van der Waals surface area contributed by atoms with E-state index < -0.39 is 8.46 Å². The fourth-order valence-corrected chi connectivity index (χ4v) is 4.24. The number of hydrogen-bond donors (Lipinski definition) is 2. The highest BCUT2D eigenvalue weighted by molar-refractivity contribution is 7.34. The monoisotopic (exact) mass is 265 g/mol. The molecular weight excluding hydrogens is 247 g/mol. The summed E-state index contributed by atoms with van der Waals surface area (Å²) in [6.45, 7) is 0. The van der Waals surface area contributed by atoms with Gasteiger partial charge in [0.2, 0.25) is 5.30 Å². The van der Waals surface area contributed by atoms with Crippen molar-refractivity contribution in [3.63, 3.8) is 0 Å². The molecule has 18 heavy (non-hydrogen) atoms. The maximum atomic E-state index is 11.3. The lowest BCUT2D eigenvalue weighted by Gasteiger charge is -2.22. The van der Waals surface area contributed by atoms with E-state index in [1.807, 2.05) is 0 Å². The van der Waals surface area contributed by atoms with Crippen LogP contribution in [0.3, 0.4) is 0 Å². The van der Waals surface area contributed by atoms with Gasteiger partial charge in [0.1, 0.15) is 5.75 Å². The van der Waals surface area contributed by atoms with Gasteiger partial charge in [0.05, 0.1) is 5.56 Å².